The first-order chi connectivity index (χ1) is 14.8. The molecule has 172 valence electrons. The molecule has 0 radical (unpaired) electrons. The van der Waals surface area contributed by atoms with Gasteiger partial charge in [0.1, 0.15) is 5.82 Å². The van der Waals surface area contributed by atoms with Crippen molar-refractivity contribution in [1.29, 1.82) is 0 Å². The average molecular weight is 483 g/mol. The predicted octanol–water partition coefficient (Wildman–Crippen LogP) is 5.11. The van der Waals surface area contributed by atoms with Crippen LogP contribution >= 0.6 is 11.6 Å². The van der Waals surface area contributed by atoms with Crippen LogP contribution in [0.15, 0.2) is 36.4 Å². The molecule has 1 heterocycles. The fourth-order valence-corrected chi connectivity index (χ4v) is 3.45. The van der Waals surface area contributed by atoms with Gasteiger partial charge < -0.3 is 9.80 Å². The minimum atomic E-state index is -5.07. The monoisotopic (exact) mass is 482 g/mol. The average Bonchev–Trinajstić information content (AvgIpc) is 2.71. The zero-order valence-electron chi connectivity index (χ0n) is 16.0. The fourth-order valence-electron chi connectivity index (χ4n) is 3.21. The second kappa shape index (κ2) is 8.61. The summed E-state index contributed by atoms with van der Waals surface area (Å²) in [5, 5.41) is -0.114. The molecule has 2 amide bonds. The van der Waals surface area contributed by atoms with Gasteiger partial charge in [-0.1, -0.05) is 11.6 Å². The van der Waals surface area contributed by atoms with E-state index >= 15 is 0 Å². The fraction of sp³-hybridized carbons (Fsp3) is 0.300. The SMILES string of the molecule is O=C(c1cc(C(F)(F)F)cc(C(F)(F)F)c1)N1CCN(C(=O)c2ccc(F)cc2Cl)CC1. The third-order valence-electron chi connectivity index (χ3n) is 4.85. The van der Waals surface area contributed by atoms with Gasteiger partial charge in [-0.25, -0.2) is 4.39 Å². The van der Waals surface area contributed by atoms with Crippen molar-refractivity contribution in [3.63, 3.8) is 0 Å². The molecule has 12 heteroatoms. The maximum atomic E-state index is 13.2. The number of alkyl halides is 6. The third kappa shape index (κ3) is 5.14. The van der Waals surface area contributed by atoms with Gasteiger partial charge in [-0.15, -0.1) is 0 Å². The minimum Gasteiger partial charge on any atom is -0.335 e. The van der Waals surface area contributed by atoms with Gasteiger partial charge in [0.2, 0.25) is 0 Å². The Morgan fingerprint density at radius 2 is 1.22 bits per heavy atom. The van der Waals surface area contributed by atoms with E-state index in [1.54, 1.807) is 0 Å². The summed E-state index contributed by atoms with van der Waals surface area (Å²) < 4.78 is 91.3. The second-order valence-electron chi connectivity index (χ2n) is 7.00. The lowest BCUT2D eigenvalue weighted by Gasteiger charge is -2.35. The van der Waals surface area contributed by atoms with Crippen LogP contribution < -0.4 is 0 Å². The molecule has 0 aromatic heterocycles. The molecule has 3 rings (SSSR count). The Bertz CT molecular complexity index is 1010. The molecule has 0 spiro atoms. The highest BCUT2D eigenvalue weighted by Gasteiger charge is 2.38. The van der Waals surface area contributed by atoms with E-state index in [1.165, 1.54) is 11.0 Å². The van der Waals surface area contributed by atoms with Crippen molar-refractivity contribution < 1.29 is 40.3 Å². The largest absolute Gasteiger partial charge is 0.416 e. The number of hydrogen-bond acceptors (Lipinski definition) is 2. The Labute approximate surface area is 182 Å². The molecule has 0 unspecified atom stereocenters. The lowest BCUT2D eigenvalue weighted by Crippen LogP contribution is -2.50. The van der Waals surface area contributed by atoms with Gasteiger partial charge in [-0.3, -0.25) is 9.59 Å². The Hall–Kier alpha value is -2.82. The van der Waals surface area contributed by atoms with Crippen molar-refractivity contribution in [3.8, 4) is 0 Å². The molecule has 0 saturated carbocycles. The topological polar surface area (TPSA) is 40.6 Å². The molecule has 0 aliphatic carbocycles. The molecule has 2 aromatic rings. The number of halogens is 8. The molecule has 0 atom stereocenters. The lowest BCUT2D eigenvalue weighted by molar-refractivity contribution is -0.143. The summed E-state index contributed by atoms with van der Waals surface area (Å²) in [6.07, 6.45) is -10.1. The molecular formula is C20H14ClF7N2O2. The lowest BCUT2D eigenvalue weighted by atomic mass is 10.0. The van der Waals surface area contributed by atoms with E-state index in [-0.39, 0.29) is 42.8 Å². The Kier molecular flexibility index (Phi) is 6.41. The molecular weight excluding hydrogens is 469 g/mol. The highest BCUT2D eigenvalue weighted by atomic mass is 35.5. The van der Waals surface area contributed by atoms with Crippen molar-refractivity contribution >= 4 is 23.4 Å². The highest BCUT2D eigenvalue weighted by molar-refractivity contribution is 6.33. The van der Waals surface area contributed by atoms with E-state index in [1.807, 2.05) is 0 Å². The van der Waals surface area contributed by atoms with Gasteiger partial charge in [0.05, 0.1) is 21.7 Å². The van der Waals surface area contributed by atoms with E-state index in [2.05, 4.69) is 0 Å². The highest BCUT2D eigenvalue weighted by Crippen LogP contribution is 2.36. The molecule has 2 aromatic carbocycles. The molecule has 1 aliphatic rings. The number of carbonyl (C=O) groups excluding carboxylic acids is 2. The molecule has 4 nitrogen and oxygen atoms in total. The number of amides is 2. The van der Waals surface area contributed by atoms with Gasteiger partial charge in [-0.2, -0.15) is 26.3 Å². The Morgan fingerprint density at radius 1 is 0.750 bits per heavy atom. The van der Waals surface area contributed by atoms with E-state index in [4.69, 9.17) is 11.6 Å². The van der Waals surface area contributed by atoms with Crippen molar-refractivity contribution in [1.82, 2.24) is 9.80 Å². The number of carbonyl (C=O) groups is 2. The quantitative estimate of drug-likeness (QED) is 0.558. The van der Waals surface area contributed by atoms with Crippen LogP contribution in [0.4, 0.5) is 30.7 Å². The summed E-state index contributed by atoms with van der Waals surface area (Å²) >= 11 is 5.87. The zero-order valence-corrected chi connectivity index (χ0v) is 16.8. The Balaban J connectivity index is 1.77. The minimum absolute atomic E-state index is 0.0283. The summed E-state index contributed by atoms with van der Waals surface area (Å²) in [4.78, 5) is 27.5. The van der Waals surface area contributed by atoms with E-state index in [9.17, 15) is 40.3 Å². The van der Waals surface area contributed by atoms with E-state index in [0.29, 0.717) is 12.1 Å². The third-order valence-corrected chi connectivity index (χ3v) is 5.16. The summed E-state index contributed by atoms with van der Waals surface area (Å²) in [6, 6.07) is 3.88. The smallest absolute Gasteiger partial charge is 0.335 e. The van der Waals surface area contributed by atoms with Crippen molar-refractivity contribution in [3.05, 3.63) is 69.5 Å². The van der Waals surface area contributed by atoms with Crippen LogP contribution in [0, 0.1) is 5.82 Å². The maximum Gasteiger partial charge on any atom is 0.416 e. The zero-order chi connectivity index (χ0) is 23.8. The van der Waals surface area contributed by atoms with Crippen LogP contribution in [0.2, 0.25) is 5.02 Å². The van der Waals surface area contributed by atoms with Gasteiger partial charge in [0, 0.05) is 31.7 Å². The number of piperazine rings is 1. The van der Waals surface area contributed by atoms with Crippen LogP contribution in [0.3, 0.4) is 0 Å². The summed E-state index contributed by atoms with van der Waals surface area (Å²) in [6.45, 7) is -0.325. The summed E-state index contributed by atoms with van der Waals surface area (Å²) in [7, 11) is 0. The number of nitrogens with zero attached hydrogens (tertiary/aromatic N) is 2. The van der Waals surface area contributed by atoms with Gasteiger partial charge >= 0.3 is 12.4 Å². The first kappa shape index (κ1) is 23.8. The molecule has 0 bridgehead atoms. The number of benzene rings is 2. The maximum absolute atomic E-state index is 13.2. The van der Waals surface area contributed by atoms with Crippen molar-refractivity contribution in [2.24, 2.45) is 0 Å². The van der Waals surface area contributed by atoms with Crippen LogP contribution in [0.25, 0.3) is 0 Å². The van der Waals surface area contributed by atoms with Crippen LogP contribution in [0.5, 0.6) is 0 Å². The second-order valence-corrected chi connectivity index (χ2v) is 7.41. The molecule has 32 heavy (non-hydrogen) atoms. The van der Waals surface area contributed by atoms with Crippen LogP contribution in [0.1, 0.15) is 31.8 Å². The first-order valence-electron chi connectivity index (χ1n) is 9.10. The number of rotatable bonds is 2. The van der Waals surface area contributed by atoms with Crippen LogP contribution in [-0.4, -0.2) is 47.8 Å². The van der Waals surface area contributed by atoms with Crippen LogP contribution in [-0.2, 0) is 12.4 Å². The summed E-state index contributed by atoms with van der Waals surface area (Å²) in [5.74, 6) is -2.20. The van der Waals surface area contributed by atoms with Gasteiger partial charge in [-0.05, 0) is 36.4 Å². The van der Waals surface area contributed by atoms with Crippen molar-refractivity contribution in [2.75, 3.05) is 26.2 Å². The predicted molar refractivity (Wildman–Crippen MR) is 99.7 cm³/mol. The first-order valence-corrected chi connectivity index (χ1v) is 9.48. The summed E-state index contributed by atoms with van der Waals surface area (Å²) in [5.41, 5.74) is -3.90. The van der Waals surface area contributed by atoms with Crippen molar-refractivity contribution in [2.45, 2.75) is 12.4 Å². The van der Waals surface area contributed by atoms with Gasteiger partial charge in [0.25, 0.3) is 11.8 Å². The normalized spacial score (nSPS) is 15.1. The molecule has 1 fully saturated rings. The Morgan fingerprint density at radius 3 is 1.66 bits per heavy atom. The van der Waals surface area contributed by atoms with E-state index < -0.39 is 46.7 Å². The number of hydrogen-bond donors (Lipinski definition) is 0. The van der Waals surface area contributed by atoms with Gasteiger partial charge in [0.15, 0.2) is 0 Å². The molecule has 1 aliphatic heterocycles. The molecule has 0 N–H and O–H groups in total. The standard InChI is InChI=1S/C20H14ClF7N2O2/c21-16-10-14(22)1-2-15(16)18(32)30-5-3-29(4-6-30)17(31)11-7-12(19(23,24)25)9-13(8-11)20(26,27)28/h1-2,7-10H,3-6H2. The van der Waals surface area contributed by atoms with E-state index in [0.717, 1.165) is 17.0 Å². The molecule has 1 saturated heterocycles.